The van der Waals surface area contributed by atoms with E-state index in [1.165, 1.54) is 38.5 Å². The van der Waals surface area contributed by atoms with Crippen molar-refractivity contribution in [3.63, 3.8) is 0 Å². The molecular weight excluding hydrogens is 220 g/mol. The Balaban J connectivity index is 0.000000315. The lowest BCUT2D eigenvalue weighted by Gasteiger charge is -2.05. The van der Waals surface area contributed by atoms with Crippen molar-refractivity contribution in [2.75, 3.05) is 0 Å². The van der Waals surface area contributed by atoms with Crippen LogP contribution in [0.1, 0.15) is 38.5 Å². The van der Waals surface area contributed by atoms with Gasteiger partial charge in [-0.25, -0.2) is 14.4 Å². The molecule has 2 N–H and O–H groups in total. The number of carboxylic acid groups (broad SMARTS) is 2. The second-order valence-corrected chi connectivity index (χ2v) is 3.11. The number of ether oxygens (including phenoxy) is 2. The molecule has 1 saturated carbocycles. The van der Waals surface area contributed by atoms with Crippen molar-refractivity contribution in [3.8, 4) is 0 Å². The zero-order valence-corrected chi connectivity index (χ0v) is 8.68. The maximum atomic E-state index is 9.86. The molecular formula is C9H14O7. The van der Waals surface area contributed by atoms with Gasteiger partial charge in [-0.3, -0.25) is 0 Å². The predicted molar refractivity (Wildman–Crippen MR) is 51.3 cm³/mol. The predicted octanol–water partition coefficient (Wildman–Crippen LogP) is 2.84. The quantitative estimate of drug-likeness (QED) is 0.489. The Morgan fingerprint density at radius 3 is 1.12 bits per heavy atom. The third-order valence-electron chi connectivity index (χ3n) is 1.84. The number of carbonyl (C=O) groups is 3. The summed E-state index contributed by atoms with van der Waals surface area (Å²) in [5.74, 6) is 0. The van der Waals surface area contributed by atoms with Gasteiger partial charge in [0.1, 0.15) is 0 Å². The lowest BCUT2D eigenvalue weighted by Crippen LogP contribution is -2.14. The lowest BCUT2D eigenvalue weighted by atomic mass is 10.0. The lowest BCUT2D eigenvalue weighted by molar-refractivity contribution is 0.0548. The normalized spacial score (nSPS) is 14.0. The zero-order valence-electron chi connectivity index (χ0n) is 8.68. The standard InChI is InChI=1S/C6H12.C3H2O7/c1-2-4-6-5-3-1;4-1(5)9-3(8)10-2(6)7/h1-6H2;(H,4,5)(H,6,7). The highest BCUT2D eigenvalue weighted by Crippen LogP contribution is 2.15. The average Bonchev–Trinajstić information content (AvgIpc) is 2.18. The Labute approximate surface area is 92.0 Å². The van der Waals surface area contributed by atoms with Gasteiger partial charge in [-0.1, -0.05) is 38.5 Å². The number of hydrogen-bond donors (Lipinski definition) is 2. The molecule has 7 heteroatoms. The van der Waals surface area contributed by atoms with Crippen molar-refractivity contribution < 1.29 is 34.1 Å². The van der Waals surface area contributed by atoms with E-state index in [-0.39, 0.29) is 0 Å². The highest BCUT2D eigenvalue weighted by Gasteiger charge is 2.13. The van der Waals surface area contributed by atoms with Crippen molar-refractivity contribution >= 4 is 18.5 Å². The van der Waals surface area contributed by atoms with Crippen LogP contribution < -0.4 is 0 Å². The van der Waals surface area contributed by atoms with E-state index in [9.17, 15) is 14.4 Å². The first kappa shape index (κ1) is 14.2. The monoisotopic (exact) mass is 234 g/mol. The third kappa shape index (κ3) is 10.3. The minimum Gasteiger partial charge on any atom is -0.449 e. The summed E-state index contributed by atoms with van der Waals surface area (Å²) in [7, 11) is 0. The molecule has 0 radical (unpaired) electrons. The molecule has 16 heavy (non-hydrogen) atoms. The summed E-state index contributed by atoms with van der Waals surface area (Å²) in [6.45, 7) is 0. The van der Waals surface area contributed by atoms with Gasteiger partial charge in [0, 0.05) is 0 Å². The van der Waals surface area contributed by atoms with Gasteiger partial charge in [0.25, 0.3) is 0 Å². The van der Waals surface area contributed by atoms with E-state index >= 15 is 0 Å². The molecule has 0 aromatic rings. The molecule has 0 amide bonds. The van der Waals surface area contributed by atoms with E-state index in [0.717, 1.165) is 0 Å². The Bertz CT molecular complexity index is 215. The summed E-state index contributed by atoms with van der Waals surface area (Å²) in [6.07, 6.45) is 3.36. The smallest absolute Gasteiger partial charge is 0.449 e. The van der Waals surface area contributed by atoms with Crippen molar-refractivity contribution in [1.29, 1.82) is 0 Å². The van der Waals surface area contributed by atoms with Gasteiger partial charge in [0.2, 0.25) is 0 Å². The van der Waals surface area contributed by atoms with Crippen molar-refractivity contribution in [1.82, 2.24) is 0 Å². The van der Waals surface area contributed by atoms with Crippen molar-refractivity contribution in [3.05, 3.63) is 0 Å². The molecule has 1 fully saturated rings. The largest absolute Gasteiger partial charge is 0.528 e. The first-order valence-corrected chi connectivity index (χ1v) is 4.88. The third-order valence-corrected chi connectivity index (χ3v) is 1.84. The van der Waals surface area contributed by atoms with Gasteiger partial charge in [-0.05, 0) is 0 Å². The Kier molecular flexibility index (Phi) is 7.56. The highest BCUT2D eigenvalue weighted by molar-refractivity contribution is 5.82. The van der Waals surface area contributed by atoms with Crippen LogP contribution in [0.3, 0.4) is 0 Å². The SMILES string of the molecule is C1CCCCC1.O=C(O)OC(=O)OC(=O)O. The second-order valence-electron chi connectivity index (χ2n) is 3.11. The topological polar surface area (TPSA) is 110 Å². The maximum Gasteiger partial charge on any atom is 0.528 e. The molecule has 1 aliphatic rings. The second kappa shape index (κ2) is 8.51. The first-order valence-electron chi connectivity index (χ1n) is 4.88. The Morgan fingerprint density at radius 2 is 0.938 bits per heavy atom. The molecule has 0 heterocycles. The minimum absolute atomic E-state index is 1.50. The number of rotatable bonds is 0. The van der Waals surface area contributed by atoms with Gasteiger partial charge in [0.05, 0.1) is 0 Å². The van der Waals surface area contributed by atoms with Gasteiger partial charge in [-0.15, -0.1) is 0 Å². The zero-order chi connectivity index (χ0) is 12.4. The van der Waals surface area contributed by atoms with Crippen LogP contribution in [0.25, 0.3) is 0 Å². The summed E-state index contributed by atoms with van der Waals surface area (Å²) in [5, 5.41) is 15.4. The Hall–Kier alpha value is -1.79. The fourth-order valence-electron chi connectivity index (χ4n) is 1.22. The summed E-state index contributed by atoms with van der Waals surface area (Å²) in [6, 6.07) is 0. The van der Waals surface area contributed by atoms with Crippen molar-refractivity contribution in [2.24, 2.45) is 0 Å². The first-order chi connectivity index (χ1) is 7.52. The number of hydrogen-bond acceptors (Lipinski definition) is 5. The van der Waals surface area contributed by atoms with Gasteiger partial charge >= 0.3 is 18.5 Å². The molecule has 0 unspecified atom stereocenters. The molecule has 0 bridgehead atoms. The molecule has 1 aliphatic carbocycles. The van der Waals surface area contributed by atoms with Crippen LogP contribution in [-0.2, 0) is 9.47 Å². The van der Waals surface area contributed by atoms with Crippen LogP contribution in [0.15, 0.2) is 0 Å². The van der Waals surface area contributed by atoms with E-state index < -0.39 is 18.5 Å². The van der Waals surface area contributed by atoms with E-state index in [4.69, 9.17) is 10.2 Å². The van der Waals surface area contributed by atoms with E-state index in [2.05, 4.69) is 9.47 Å². The molecule has 1 rings (SSSR count). The fourth-order valence-corrected chi connectivity index (χ4v) is 1.22. The van der Waals surface area contributed by atoms with Crippen LogP contribution in [0.2, 0.25) is 0 Å². The summed E-state index contributed by atoms with van der Waals surface area (Å²) < 4.78 is 6.47. The van der Waals surface area contributed by atoms with Crippen LogP contribution >= 0.6 is 0 Å². The van der Waals surface area contributed by atoms with Gasteiger partial charge < -0.3 is 19.7 Å². The van der Waals surface area contributed by atoms with Crippen molar-refractivity contribution in [2.45, 2.75) is 38.5 Å². The minimum atomic E-state index is -1.92. The highest BCUT2D eigenvalue weighted by atomic mass is 16.8. The van der Waals surface area contributed by atoms with Crippen LogP contribution in [0, 0.1) is 0 Å². The fraction of sp³-hybridized carbons (Fsp3) is 0.667. The summed E-state index contributed by atoms with van der Waals surface area (Å²) in [4.78, 5) is 28.8. The summed E-state index contributed by atoms with van der Waals surface area (Å²) >= 11 is 0. The van der Waals surface area contributed by atoms with Crippen LogP contribution in [-0.4, -0.2) is 28.7 Å². The molecule has 0 atom stereocenters. The molecule has 0 saturated heterocycles. The molecule has 0 spiro atoms. The maximum absolute atomic E-state index is 9.86. The molecule has 92 valence electrons. The number of carbonyl (C=O) groups excluding carboxylic acids is 1. The van der Waals surface area contributed by atoms with E-state index in [1.54, 1.807) is 0 Å². The molecule has 0 aromatic heterocycles. The van der Waals surface area contributed by atoms with E-state index in [1.807, 2.05) is 0 Å². The molecule has 7 nitrogen and oxygen atoms in total. The van der Waals surface area contributed by atoms with Crippen LogP contribution in [0.4, 0.5) is 14.4 Å². The molecule has 0 aliphatic heterocycles. The summed E-state index contributed by atoms with van der Waals surface area (Å²) in [5.41, 5.74) is 0. The van der Waals surface area contributed by atoms with Gasteiger partial charge in [-0.2, -0.15) is 0 Å². The Morgan fingerprint density at radius 1 is 0.688 bits per heavy atom. The van der Waals surface area contributed by atoms with Gasteiger partial charge in [0.15, 0.2) is 0 Å². The van der Waals surface area contributed by atoms with E-state index in [0.29, 0.717) is 0 Å². The van der Waals surface area contributed by atoms with Crippen LogP contribution in [0.5, 0.6) is 0 Å². The average molecular weight is 234 g/mol. The molecule has 0 aromatic carbocycles.